The highest BCUT2D eigenvalue weighted by molar-refractivity contribution is 5.85. The zero-order valence-corrected chi connectivity index (χ0v) is 13.2. The molecule has 0 heterocycles. The molecule has 0 bridgehead atoms. The van der Waals surface area contributed by atoms with E-state index in [-0.39, 0.29) is 17.5 Å². The molecule has 2 unspecified atom stereocenters. The minimum absolute atomic E-state index is 0.00664. The Hall–Kier alpha value is -1.26. The Labute approximate surface area is 116 Å². The number of nitrogens with zero attached hydrogens (tertiary/aromatic N) is 1. The van der Waals surface area contributed by atoms with Gasteiger partial charge in [-0.1, -0.05) is 34.1 Å². The Kier molecular flexibility index (Phi) is 5.84. The smallest absolute Gasteiger partial charge is 0.329 e. The number of hydrogen-bond acceptors (Lipinski definition) is 2. The number of carboxylic acid groups (broad SMARTS) is 1. The summed E-state index contributed by atoms with van der Waals surface area (Å²) in [6.45, 7) is 11.5. The Balaban J connectivity index is 4.89. The number of carbonyl (C=O) groups excluding carboxylic acids is 1. The SMILES string of the molecule is CCCC(C)(NC(=O)N(C)C(C)C(C)(C)C)C(=O)O. The van der Waals surface area contributed by atoms with Crippen LogP contribution in [0.2, 0.25) is 0 Å². The topological polar surface area (TPSA) is 69.6 Å². The standard InChI is InChI=1S/C14H28N2O3/c1-8-9-14(6,11(17)18)15-12(19)16(7)10(2)13(3,4)5/h10H,8-9H2,1-7H3,(H,15,19)(H,17,18). The molecule has 0 rings (SSSR count). The fraction of sp³-hybridized carbons (Fsp3) is 0.857. The van der Waals surface area contributed by atoms with Gasteiger partial charge in [-0.05, 0) is 25.7 Å². The zero-order chi connectivity index (χ0) is 15.4. The molecule has 0 fully saturated rings. The second-order valence-corrected chi connectivity index (χ2v) is 6.47. The first-order chi connectivity index (χ1) is 8.45. The molecule has 0 saturated heterocycles. The third-order valence-electron chi connectivity index (χ3n) is 3.76. The van der Waals surface area contributed by atoms with Crippen molar-refractivity contribution in [1.29, 1.82) is 0 Å². The lowest BCUT2D eigenvalue weighted by Crippen LogP contribution is -2.57. The maximum Gasteiger partial charge on any atom is 0.329 e. The van der Waals surface area contributed by atoms with Crippen LogP contribution < -0.4 is 5.32 Å². The summed E-state index contributed by atoms with van der Waals surface area (Å²) in [5, 5.41) is 11.9. The highest BCUT2D eigenvalue weighted by atomic mass is 16.4. The van der Waals surface area contributed by atoms with Crippen LogP contribution in [-0.2, 0) is 4.79 Å². The van der Waals surface area contributed by atoms with Gasteiger partial charge in [0.25, 0.3) is 0 Å². The molecule has 19 heavy (non-hydrogen) atoms. The zero-order valence-electron chi connectivity index (χ0n) is 13.2. The molecule has 0 radical (unpaired) electrons. The van der Waals surface area contributed by atoms with Gasteiger partial charge in [-0.25, -0.2) is 9.59 Å². The van der Waals surface area contributed by atoms with Crippen LogP contribution in [0.25, 0.3) is 0 Å². The molecule has 0 saturated carbocycles. The van der Waals surface area contributed by atoms with E-state index in [1.54, 1.807) is 18.9 Å². The number of nitrogens with one attached hydrogen (secondary N) is 1. The average molecular weight is 272 g/mol. The number of amides is 2. The van der Waals surface area contributed by atoms with E-state index < -0.39 is 11.5 Å². The van der Waals surface area contributed by atoms with Gasteiger partial charge in [0.15, 0.2) is 0 Å². The minimum Gasteiger partial charge on any atom is -0.480 e. The third-order valence-corrected chi connectivity index (χ3v) is 3.76. The van der Waals surface area contributed by atoms with E-state index in [2.05, 4.69) is 5.32 Å². The molecule has 0 aromatic rings. The maximum absolute atomic E-state index is 12.2. The second-order valence-electron chi connectivity index (χ2n) is 6.47. The highest BCUT2D eigenvalue weighted by Gasteiger charge is 2.36. The van der Waals surface area contributed by atoms with Crippen LogP contribution in [0.5, 0.6) is 0 Å². The van der Waals surface area contributed by atoms with Crippen LogP contribution in [-0.4, -0.2) is 40.6 Å². The van der Waals surface area contributed by atoms with E-state index in [9.17, 15) is 14.7 Å². The van der Waals surface area contributed by atoms with Crippen molar-refractivity contribution in [2.24, 2.45) is 5.41 Å². The Morgan fingerprint density at radius 1 is 1.26 bits per heavy atom. The third kappa shape index (κ3) is 4.73. The van der Waals surface area contributed by atoms with Crippen LogP contribution in [0.4, 0.5) is 4.79 Å². The summed E-state index contributed by atoms with van der Waals surface area (Å²) in [7, 11) is 1.69. The molecule has 0 spiro atoms. The average Bonchev–Trinajstić information content (AvgIpc) is 2.25. The van der Waals surface area contributed by atoms with E-state index in [1.807, 2.05) is 34.6 Å². The molecule has 0 aliphatic heterocycles. The Morgan fingerprint density at radius 2 is 1.74 bits per heavy atom. The van der Waals surface area contributed by atoms with E-state index in [0.717, 1.165) is 0 Å². The summed E-state index contributed by atoms with van der Waals surface area (Å²) < 4.78 is 0. The molecular formula is C14H28N2O3. The largest absolute Gasteiger partial charge is 0.480 e. The van der Waals surface area contributed by atoms with E-state index in [1.165, 1.54) is 0 Å². The Morgan fingerprint density at radius 3 is 2.05 bits per heavy atom. The molecule has 5 nitrogen and oxygen atoms in total. The maximum atomic E-state index is 12.2. The molecule has 0 aromatic carbocycles. The molecule has 0 aromatic heterocycles. The molecule has 2 N–H and O–H groups in total. The molecule has 0 aliphatic rings. The molecule has 2 atom stereocenters. The van der Waals surface area contributed by atoms with Gasteiger partial charge in [-0.2, -0.15) is 0 Å². The molecule has 5 heteroatoms. The number of urea groups is 1. The van der Waals surface area contributed by atoms with Gasteiger partial charge in [0.2, 0.25) is 0 Å². The lowest BCUT2D eigenvalue weighted by molar-refractivity contribution is -0.144. The van der Waals surface area contributed by atoms with Gasteiger partial charge >= 0.3 is 12.0 Å². The van der Waals surface area contributed by atoms with Gasteiger partial charge < -0.3 is 15.3 Å². The normalized spacial score (nSPS) is 16.4. The molecular weight excluding hydrogens is 244 g/mol. The van der Waals surface area contributed by atoms with Crippen molar-refractivity contribution >= 4 is 12.0 Å². The lowest BCUT2D eigenvalue weighted by atomic mass is 9.87. The first-order valence-electron chi connectivity index (χ1n) is 6.74. The highest BCUT2D eigenvalue weighted by Crippen LogP contribution is 2.23. The van der Waals surface area contributed by atoms with E-state index >= 15 is 0 Å². The summed E-state index contributed by atoms with van der Waals surface area (Å²) in [6.07, 6.45) is 1.10. The molecule has 0 aliphatic carbocycles. The van der Waals surface area contributed by atoms with Crippen molar-refractivity contribution < 1.29 is 14.7 Å². The van der Waals surface area contributed by atoms with E-state index in [0.29, 0.717) is 12.8 Å². The van der Waals surface area contributed by atoms with Crippen molar-refractivity contribution in [3.8, 4) is 0 Å². The van der Waals surface area contributed by atoms with Gasteiger partial charge in [0.1, 0.15) is 5.54 Å². The van der Waals surface area contributed by atoms with Crippen molar-refractivity contribution in [2.45, 2.75) is 66.0 Å². The van der Waals surface area contributed by atoms with Crippen molar-refractivity contribution in [3.05, 3.63) is 0 Å². The first kappa shape index (κ1) is 17.7. The summed E-state index contributed by atoms with van der Waals surface area (Å²) in [4.78, 5) is 25.0. The van der Waals surface area contributed by atoms with Crippen LogP contribution in [0, 0.1) is 5.41 Å². The fourth-order valence-electron chi connectivity index (χ4n) is 1.80. The van der Waals surface area contributed by atoms with Crippen LogP contribution >= 0.6 is 0 Å². The minimum atomic E-state index is -1.21. The van der Waals surface area contributed by atoms with Crippen molar-refractivity contribution in [2.75, 3.05) is 7.05 Å². The Bertz CT molecular complexity index is 336. The second kappa shape index (κ2) is 6.26. The van der Waals surface area contributed by atoms with Crippen LogP contribution in [0.15, 0.2) is 0 Å². The van der Waals surface area contributed by atoms with Gasteiger partial charge in [0, 0.05) is 13.1 Å². The van der Waals surface area contributed by atoms with Crippen LogP contribution in [0.3, 0.4) is 0 Å². The quantitative estimate of drug-likeness (QED) is 0.808. The van der Waals surface area contributed by atoms with Crippen molar-refractivity contribution in [3.63, 3.8) is 0 Å². The summed E-state index contributed by atoms with van der Waals surface area (Å²) in [5.41, 5.74) is -1.27. The predicted molar refractivity (Wildman–Crippen MR) is 76.2 cm³/mol. The van der Waals surface area contributed by atoms with Gasteiger partial charge in [0.05, 0.1) is 0 Å². The number of carboxylic acids is 1. The fourth-order valence-corrected chi connectivity index (χ4v) is 1.80. The summed E-state index contributed by atoms with van der Waals surface area (Å²) in [5.74, 6) is -1.00. The molecule has 112 valence electrons. The van der Waals surface area contributed by atoms with Crippen LogP contribution in [0.1, 0.15) is 54.4 Å². The number of carbonyl (C=O) groups is 2. The number of rotatable bonds is 5. The first-order valence-corrected chi connectivity index (χ1v) is 6.74. The van der Waals surface area contributed by atoms with E-state index in [4.69, 9.17) is 0 Å². The number of hydrogen-bond donors (Lipinski definition) is 2. The molecule has 2 amide bonds. The van der Waals surface area contributed by atoms with Gasteiger partial charge in [-0.15, -0.1) is 0 Å². The van der Waals surface area contributed by atoms with Crippen molar-refractivity contribution in [1.82, 2.24) is 10.2 Å². The summed E-state index contributed by atoms with van der Waals surface area (Å²) in [6, 6.07) is -0.340. The predicted octanol–water partition coefficient (Wildman–Crippen LogP) is 2.71. The lowest BCUT2D eigenvalue weighted by Gasteiger charge is -2.37. The number of aliphatic carboxylic acids is 1. The van der Waals surface area contributed by atoms with Gasteiger partial charge in [-0.3, -0.25) is 0 Å². The summed E-state index contributed by atoms with van der Waals surface area (Å²) >= 11 is 0. The monoisotopic (exact) mass is 272 g/mol.